The quantitative estimate of drug-likeness (QED) is 0.882. The summed E-state index contributed by atoms with van der Waals surface area (Å²) >= 11 is 0. The second-order valence-electron chi connectivity index (χ2n) is 8.29. The molecule has 1 saturated carbocycles. The molecule has 5 nitrogen and oxygen atoms in total. The van der Waals surface area contributed by atoms with E-state index in [-0.39, 0.29) is 17.4 Å². The Balaban J connectivity index is 1.37. The molecular formula is C21H24F2N4O. The number of halogens is 2. The topological polar surface area (TPSA) is 52.2 Å². The fourth-order valence-electron chi connectivity index (χ4n) is 4.83. The molecule has 1 aromatic carbocycles. The highest BCUT2D eigenvalue weighted by Crippen LogP contribution is 2.45. The van der Waals surface area contributed by atoms with Gasteiger partial charge in [0.15, 0.2) is 0 Å². The van der Waals surface area contributed by atoms with Gasteiger partial charge in [-0.2, -0.15) is 0 Å². The van der Waals surface area contributed by atoms with E-state index in [2.05, 4.69) is 19.8 Å². The third-order valence-electron chi connectivity index (χ3n) is 6.55. The van der Waals surface area contributed by atoms with Crippen LogP contribution in [0.15, 0.2) is 24.5 Å². The predicted molar refractivity (Wildman–Crippen MR) is 99.3 cm³/mol. The molecular weight excluding hydrogens is 362 g/mol. The molecule has 1 spiro atoms. The second-order valence-corrected chi connectivity index (χ2v) is 8.29. The minimum absolute atomic E-state index is 0.184. The zero-order valence-corrected chi connectivity index (χ0v) is 15.8. The number of fused-ring (bicyclic) bond motifs is 2. The SMILES string of the molecule is O=C(C1CC1)N1CCc2[nH]cnc2C12CCN(Cc1ccc(F)cc1F)CC2. The van der Waals surface area contributed by atoms with E-state index in [4.69, 9.17) is 0 Å². The first-order valence-electron chi connectivity index (χ1n) is 10.1. The van der Waals surface area contributed by atoms with Gasteiger partial charge in [0, 0.05) is 55.8 Å². The summed E-state index contributed by atoms with van der Waals surface area (Å²) in [5.41, 5.74) is 2.30. The van der Waals surface area contributed by atoms with Crippen molar-refractivity contribution in [3.63, 3.8) is 0 Å². The summed E-state index contributed by atoms with van der Waals surface area (Å²) in [4.78, 5) is 25.1. The van der Waals surface area contributed by atoms with E-state index in [1.165, 1.54) is 12.1 Å². The largest absolute Gasteiger partial charge is 0.348 e. The molecule has 2 aromatic rings. The normalized spacial score (nSPS) is 21.7. The molecule has 1 saturated heterocycles. The van der Waals surface area contributed by atoms with Gasteiger partial charge < -0.3 is 9.88 Å². The Morgan fingerprint density at radius 2 is 2.00 bits per heavy atom. The molecule has 3 heterocycles. The number of imidazole rings is 1. The lowest BCUT2D eigenvalue weighted by Crippen LogP contribution is -2.58. The van der Waals surface area contributed by atoms with Crippen LogP contribution in [0, 0.1) is 17.6 Å². The van der Waals surface area contributed by atoms with Crippen molar-refractivity contribution in [3.05, 3.63) is 53.1 Å². The molecule has 7 heteroatoms. The summed E-state index contributed by atoms with van der Waals surface area (Å²) < 4.78 is 27.2. The number of aromatic nitrogens is 2. The van der Waals surface area contributed by atoms with E-state index in [1.807, 2.05) is 0 Å². The first-order chi connectivity index (χ1) is 13.6. The van der Waals surface area contributed by atoms with Gasteiger partial charge in [-0.3, -0.25) is 9.69 Å². The van der Waals surface area contributed by atoms with Gasteiger partial charge in [-0.05, 0) is 31.7 Å². The van der Waals surface area contributed by atoms with Gasteiger partial charge in [0.2, 0.25) is 5.91 Å². The highest BCUT2D eigenvalue weighted by Gasteiger charge is 2.50. The Morgan fingerprint density at radius 3 is 2.71 bits per heavy atom. The third kappa shape index (κ3) is 2.92. The van der Waals surface area contributed by atoms with Crippen LogP contribution in [0.1, 0.15) is 42.6 Å². The van der Waals surface area contributed by atoms with E-state index < -0.39 is 11.6 Å². The van der Waals surface area contributed by atoms with Crippen LogP contribution in [0.2, 0.25) is 0 Å². The van der Waals surface area contributed by atoms with E-state index >= 15 is 0 Å². The molecule has 148 valence electrons. The molecule has 0 unspecified atom stereocenters. The summed E-state index contributed by atoms with van der Waals surface area (Å²) in [5.74, 6) is -0.602. The van der Waals surface area contributed by atoms with Gasteiger partial charge >= 0.3 is 0 Å². The van der Waals surface area contributed by atoms with Crippen LogP contribution in [-0.4, -0.2) is 45.3 Å². The second kappa shape index (κ2) is 6.65. The summed E-state index contributed by atoms with van der Waals surface area (Å²) in [5, 5.41) is 0. The van der Waals surface area contributed by atoms with Crippen molar-refractivity contribution < 1.29 is 13.6 Å². The van der Waals surface area contributed by atoms with Crippen molar-refractivity contribution in [1.82, 2.24) is 19.8 Å². The average molecular weight is 386 g/mol. The van der Waals surface area contributed by atoms with Crippen molar-refractivity contribution in [2.75, 3.05) is 19.6 Å². The van der Waals surface area contributed by atoms with Crippen LogP contribution in [0.4, 0.5) is 8.78 Å². The molecule has 2 fully saturated rings. The highest BCUT2D eigenvalue weighted by molar-refractivity contribution is 5.82. The van der Waals surface area contributed by atoms with Gasteiger partial charge in [0.1, 0.15) is 11.6 Å². The van der Waals surface area contributed by atoms with Crippen molar-refractivity contribution in [1.29, 1.82) is 0 Å². The molecule has 5 rings (SSSR count). The molecule has 3 aliphatic rings. The van der Waals surface area contributed by atoms with Gasteiger partial charge in [-0.15, -0.1) is 0 Å². The predicted octanol–water partition coefficient (Wildman–Crippen LogP) is 2.97. The molecule has 1 aliphatic carbocycles. The molecule has 0 bridgehead atoms. The van der Waals surface area contributed by atoms with Crippen LogP contribution in [0.3, 0.4) is 0 Å². The molecule has 2 aliphatic heterocycles. The fraction of sp³-hybridized carbons (Fsp3) is 0.524. The Labute approximate surface area is 162 Å². The Kier molecular flexibility index (Phi) is 4.23. The zero-order chi connectivity index (χ0) is 19.3. The Bertz CT molecular complexity index is 900. The fourth-order valence-corrected chi connectivity index (χ4v) is 4.83. The first-order valence-corrected chi connectivity index (χ1v) is 10.1. The Hall–Kier alpha value is -2.28. The molecule has 1 N–H and O–H groups in total. The van der Waals surface area contributed by atoms with Gasteiger partial charge in [0.05, 0.1) is 17.6 Å². The number of amides is 1. The highest BCUT2D eigenvalue weighted by atomic mass is 19.1. The molecule has 0 radical (unpaired) electrons. The average Bonchev–Trinajstić information content (AvgIpc) is 3.43. The number of aromatic amines is 1. The standard InChI is InChI=1S/C21H24F2N4O/c22-16-4-3-15(17(23)11-16)12-26-9-6-21(7-10-26)19-18(24-13-25-19)5-8-27(21)20(28)14-1-2-14/h3-4,11,13-14H,1-2,5-10,12H2,(H,24,25). The first kappa shape index (κ1) is 17.8. The zero-order valence-electron chi connectivity index (χ0n) is 15.8. The number of hydrogen-bond acceptors (Lipinski definition) is 3. The number of benzene rings is 1. The van der Waals surface area contributed by atoms with Crippen molar-refractivity contribution in [3.8, 4) is 0 Å². The van der Waals surface area contributed by atoms with Crippen molar-refractivity contribution >= 4 is 5.91 Å². The van der Waals surface area contributed by atoms with Crippen LogP contribution in [-0.2, 0) is 23.3 Å². The van der Waals surface area contributed by atoms with Crippen LogP contribution in [0.25, 0.3) is 0 Å². The van der Waals surface area contributed by atoms with E-state index in [0.717, 1.165) is 69.2 Å². The number of rotatable bonds is 3. The van der Waals surface area contributed by atoms with Crippen LogP contribution in [0.5, 0.6) is 0 Å². The maximum absolute atomic E-state index is 14.0. The summed E-state index contributed by atoms with van der Waals surface area (Å²) in [6.07, 6.45) is 6.11. The van der Waals surface area contributed by atoms with Crippen molar-refractivity contribution in [2.24, 2.45) is 5.92 Å². The maximum atomic E-state index is 14.0. The van der Waals surface area contributed by atoms with Gasteiger partial charge in [0.25, 0.3) is 0 Å². The van der Waals surface area contributed by atoms with Crippen LogP contribution < -0.4 is 0 Å². The number of nitrogens with zero attached hydrogens (tertiary/aromatic N) is 3. The van der Waals surface area contributed by atoms with Crippen LogP contribution >= 0.6 is 0 Å². The van der Waals surface area contributed by atoms with E-state index in [1.54, 1.807) is 6.33 Å². The molecule has 1 aromatic heterocycles. The number of nitrogens with one attached hydrogen (secondary N) is 1. The summed E-state index contributed by atoms with van der Waals surface area (Å²) in [6, 6.07) is 3.76. The number of carbonyl (C=O) groups excluding carboxylic acids is 1. The van der Waals surface area contributed by atoms with E-state index in [9.17, 15) is 13.6 Å². The monoisotopic (exact) mass is 386 g/mol. The molecule has 0 atom stereocenters. The smallest absolute Gasteiger partial charge is 0.226 e. The van der Waals surface area contributed by atoms with Gasteiger partial charge in [-0.25, -0.2) is 13.8 Å². The summed E-state index contributed by atoms with van der Waals surface area (Å²) in [6.45, 7) is 2.68. The van der Waals surface area contributed by atoms with E-state index in [0.29, 0.717) is 12.1 Å². The number of piperidine rings is 1. The number of likely N-dealkylation sites (tertiary alicyclic amines) is 1. The maximum Gasteiger partial charge on any atom is 0.226 e. The number of carbonyl (C=O) groups is 1. The minimum atomic E-state index is -0.554. The molecule has 1 amide bonds. The third-order valence-corrected chi connectivity index (χ3v) is 6.55. The lowest BCUT2D eigenvalue weighted by molar-refractivity contribution is -0.143. The number of hydrogen-bond donors (Lipinski definition) is 1. The van der Waals surface area contributed by atoms with Crippen molar-refractivity contribution in [2.45, 2.75) is 44.2 Å². The lowest BCUT2D eigenvalue weighted by Gasteiger charge is -2.50. The van der Waals surface area contributed by atoms with Gasteiger partial charge in [-0.1, -0.05) is 6.07 Å². The lowest BCUT2D eigenvalue weighted by atomic mass is 9.78. The Morgan fingerprint density at radius 1 is 1.21 bits per heavy atom. The summed E-state index contributed by atoms with van der Waals surface area (Å²) in [7, 11) is 0. The minimum Gasteiger partial charge on any atom is -0.348 e. The molecule has 28 heavy (non-hydrogen) atoms. The number of H-pyrrole nitrogens is 1.